The maximum Gasteiger partial charge on any atom is 0.119 e. The van der Waals surface area contributed by atoms with Gasteiger partial charge in [-0.2, -0.15) is 0 Å². The summed E-state index contributed by atoms with van der Waals surface area (Å²) in [6.07, 6.45) is 3.93. The molecule has 0 atom stereocenters. The first kappa shape index (κ1) is 14.2. The molecule has 0 aromatic heterocycles. The average Bonchev–Trinajstić information content (AvgIpc) is 2.46. The zero-order valence-electron chi connectivity index (χ0n) is 12.0. The minimum Gasteiger partial charge on any atom is -0.490 e. The Morgan fingerprint density at radius 1 is 0.650 bits per heavy atom. The van der Waals surface area contributed by atoms with Crippen LogP contribution in [0.3, 0.4) is 0 Å². The molecule has 2 rings (SSSR count). The summed E-state index contributed by atoms with van der Waals surface area (Å²) < 4.78 is 11.2. The van der Waals surface area contributed by atoms with Crippen LogP contribution < -0.4 is 9.47 Å². The minimum absolute atomic E-state index is 0.556. The van der Waals surface area contributed by atoms with Crippen LogP contribution in [0, 0.1) is 13.8 Å². The van der Waals surface area contributed by atoms with Crippen LogP contribution in [0.1, 0.15) is 11.1 Å². The molecule has 0 amide bonds. The minimum atomic E-state index is 0.556. The van der Waals surface area contributed by atoms with Gasteiger partial charge >= 0.3 is 0 Å². The Morgan fingerprint density at radius 2 is 1.00 bits per heavy atom. The van der Waals surface area contributed by atoms with Gasteiger partial charge in [-0.25, -0.2) is 0 Å². The first-order valence-corrected chi connectivity index (χ1v) is 6.78. The van der Waals surface area contributed by atoms with Gasteiger partial charge in [-0.1, -0.05) is 35.4 Å². The highest BCUT2D eigenvalue weighted by Crippen LogP contribution is 2.12. The van der Waals surface area contributed by atoms with Gasteiger partial charge in [-0.15, -0.1) is 0 Å². The van der Waals surface area contributed by atoms with Crippen molar-refractivity contribution in [3.63, 3.8) is 0 Å². The smallest absolute Gasteiger partial charge is 0.119 e. The van der Waals surface area contributed by atoms with Gasteiger partial charge in [0, 0.05) is 0 Å². The van der Waals surface area contributed by atoms with Gasteiger partial charge in [0.15, 0.2) is 0 Å². The summed E-state index contributed by atoms with van der Waals surface area (Å²) in [5, 5.41) is 0. The molecular weight excluding hydrogens is 248 g/mol. The summed E-state index contributed by atoms with van der Waals surface area (Å²) >= 11 is 0. The van der Waals surface area contributed by atoms with Crippen molar-refractivity contribution in [2.45, 2.75) is 13.8 Å². The molecular formula is C18H20O2. The Morgan fingerprint density at radius 3 is 1.35 bits per heavy atom. The average molecular weight is 268 g/mol. The molecule has 0 aliphatic heterocycles. The third-order valence-corrected chi connectivity index (χ3v) is 2.90. The fourth-order valence-corrected chi connectivity index (χ4v) is 1.69. The molecule has 2 aromatic carbocycles. The third kappa shape index (κ3) is 4.81. The summed E-state index contributed by atoms with van der Waals surface area (Å²) in [6.45, 7) is 5.23. The van der Waals surface area contributed by atoms with E-state index in [9.17, 15) is 0 Å². The predicted molar refractivity (Wildman–Crippen MR) is 82.5 cm³/mol. The van der Waals surface area contributed by atoms with Gasteiger partial charge in [0.2, 0.25) is 0 Å². The SMILES string of the molecule is Cc1ccc(OC/C=C/COc2ccc(C)cc2)cc1. The van der Waals surface area contributed by atoms with Gasteiger partial charge in [0.25, 0.3) is 0 Å². The van der Waals surface area contributed by atoms with Gasteiger partial charge in [-0.05, 0) is 50.3 Å². The number of benzene rings is 2. The summed E-state index contributed by atoms with van der Waals surface area (Å²) in [5.74, 6) is 1.78. The van der Waals surface area contributed by atoms with E-state index in [4.69, 9.17) is 9.47 Å². The Kier molecular flexibility index (Phi) is 5.24. The maximum absolute atomic E-state index is 5.59. The van der Waals surface area contributed by atoms with Crippen molar-refractivity contribution >= 4 is 0 Å². The van der Waals surface area contributed by atoms with Crippen molar-refractivity contribution in [1.82, 2.24) is 0 Å². The van der Waals surface area contributed by atoms with Crippen molar-refractivity contribution in [2.24, 2.45) is 0 Å². The second-order valence-corrected chi connectivity index (χ2v) is 4.72. The summed E-state index contributed by atoms with van der Waals surface area (Å²) in [6, 6.07) is 16.1. The van der Waals surface area contributed by atoms with E-state index in [0.29, 0.717) is 13.2 Å². The summed E-state index contributed by atoms with van der Waals surface area (Å²) in [5.41, 5.74) is 2.47. The lowest BCUT2D eigenvalue weighted by molar-refractivity contribution is 0.350. The quantitative estimate of drug-likeness (QED) is 0.726. The number of rotatable bonds is 6. The first-order chi connectivity index (χ1) is 9.74. The lowest BCUT2D eigenvalue weighted by Crippen LogP contribution is -1.96. The standard InChI is InChI=1S/C18H20O2/c1-15-5-9-17(10-6-15)19-13-3-4-14-20-18-11-7-16(2)8-12-18/h3-12H,13-14H2,1-2H3/b4-3+. The number of hydrogen-bond acceptors (Lipinski definition) is 2. The fraction of sp³-hybridized carbons (Fsp3) is 0.222. The van der Waals surface area contributed by atoms with E-state index < -0.39 is 0 Å². The van der Waals surface area contributed by atoms with Crippen LogP contribution in [-0.4, -0.2) is 13.2 Å². The molecule has 0 unspecified atom stereocenters. The van der Waals surface area contributed by atoms with Crippen LogP contribution >= 0.6 is 0 Å². The van der Waals surface area contributed by atoms with Crippen molar-refractivity contribution in [3.05, 3.63) is 71.8 Å². The van der Waals surface area contributed by atoms with Gasteiger partial charge in [0.05, 0.1) is 0 Å². The van der Waals surface area contributed by atoms with E-state index in [-0.39, 0.29) is 0 Å². The molecule has 2 heteroatoms. The second kappa shape index (κ2) is 7.39. The van der Waals surface area contributed by atoms with Crippen LogP contribution in [-0.2, 0) is 0 Å². The van der Waals surface area contributed by atoms with E-state index in [2.05, 4.69) is 13.8 Å². The Balaban J connectivity index is 1.67. The molecule has 0 fully saturated rings. The molecule has 0 heterocycles. The van der Waals surface area contributed by atoms with Gasteiger partial charge < -0.3 is 9.47 Å². The van der Waals surface area contributed by atoms with Gasteiger partial charge in [-0.3, -0.25) is 0 Å². The molecule has 0 saturated carbocycles. The van der Waals surface area contributed by atoms with Crippen molar-refractivity contribution in [2.75, 3.05) is 13.2 Å². The van der Waals surface area contributed by atoms with Crippen LogP contribution in [0.25, 0.3) is 0 Å². The zero-order valence-corrected chi connectivity index (χ0v) is 12.0. The topological polar surface area (TPSA) is 18.5 Å². The molecule has 0 N–H and O–H groups in total. The number of hydrogen-bond donors (Lipinski definition) is 0. The monoisotopic (exact) mass is 268 g/mol. The molecule has 0 bridgehead atoms. The maximum atomic E-state index is 5.59. The first-order valence-electron chi connectivity index (χ1n) is 6.78. The van der Waals surface area contributed by atoms with E-state index in [1.807, 2.05) is 60.7 Å². The lowest BCUT2D eigenvalue weighted by atomic mass is 10.2. The van der Waals surface area contributed by atoms with Crippen LogP contribution in [0.5, 0.6) is 11.5 Å². The van der Waals surface area contributed by atoms with Crippen LogP contribution in [0.4, 0.5) is 0 Å². The molecule has 0 aliphatic carbocycles. The molecule has 20 heavy (non-hydrogen) atoms. The highest BCUT2D eigenvalue weighted by Gasteiger charge is 1.91. The van der Waals surface area contributed by atoms with Crippen LogP contribution in [0.2, 0.25) is 0 Å². The van der Waals surface area contributed by atoms with Crippen LogP contribution in [0.15, 0.2) is 60.7 Å². The predicted octanol–water partition coefficient (Wildman–Crippen LogP) is 4.32. The van der Waals surface area contributed by atoms with E-state index in [1.54, 1.807) is 0 Å². The third-order valence-electron chi connectivity index (χ3n) is 2.90. The Hall–Kier alpha value is -2.22. The second-order valence-electron chi connectivity index (χ2n) is 4.72. The summed E-state index contributed by atoms with van der Waals surface area (Å²) in [4.78, 5) is 0. The van der Waals surface area contributed by atoms with Crippen molar-refractivity contribution < 1.29 is 9.47 Å². The van der Waals surface area contributed by atoms with E-state index in [0.717, 1.165) is 11.5 Å². The van der Waals surface area contributed by atoms with E-state index in [1.165, 1.54) is 11.1 Å². The largest absolute Gasteiger partial charge is 0.490 e. The lowest BCUT2D eigenvalue weighted by Gasteiger charge is -2.04. The molecule has 104 valence electrons. The molecule has 2 aromatic rings. The van der Waals surface area contributed by atoms with Crippen molar-refractivity contribution in [3.8, 4) is 11.5 Å². The number of aryl methyl sites for hydroxylation is 2. The highest BCUT2D eigenvalue weighted by atomic mass is 16.5. The van der Waals surface area contributed by atoms with Crippen molar-refractivity contribution in [1.29, 1.82) is 0 Å². The Labute approximate surface area is 120 Å². The molecule has 2 nitrogen and oxygen atoms in total. The molecule has 0 aliphatic rings. The molecule has 0 saturated heterocycles. The van der Waals surface area contributed by atoms with Gasteiger partial charge in [0.1, 0.15) is 24.7 Å². The fourth-order valence-electron chi connectivity index (χ4n) is 1.69. The molecule has 0 radical (unpaired) electrons. The summed E-state index contributed by atoms with van der Waals surface area (Å²) in [7, 11) is 0. The normalized spacial score (nSPS) is 10.7. The highest BCUT2D eigenvalue weighted by molar-refractivity contribution is 5.27. The zero-order chi connectivity index (χ0) is 14.2. The van der Waals surface area contributed by atoms with E-state index >= 15 is 0 Å². The Bertz CT molecular complexity index is 487. The number of ether oxygens (including phenoxy) is 2. The molecule has 0 spiro atoms.